The van der Waals surface area contributed by atoms with Gasteiger partial charge in [-0.25, -0.2) is 0 Å². The fraction of sp³-hybridized carbons (Fsp3) is 0.368. The van der Waals surface area contributed by atoms with E-state index in [1.54, 1.807) is 0 Å². The van der Waals surface area contributed by atoms with Crippen LogP contribution >= 0.6 is 0 Å². The molecule has 1 nitrogen and oxygen atoms in total. The van der Waals surface area contributed by atoms with Gasteiger partial charge in [-0.3, -0.25) is 0 Å². The highest BCUT2D eigenvalue weighted by atomic mass is 14.6. The summed E-state index contributed by atoms with van der Waals surface area (Å²) in [5, 5.41) is 0. The van der Waals surface area contributed by atoms with Gasteiger partial charge < -0.3 is 5.73 Å². The molecule has 0 fully saturated rings. The Labute approximate surface area is 122 Å². The van der Waals surface area contributed by atoms with Crippen LogP contribution in [0.3, 0.4) is 0 Å². The van der Waals surface area contributed by atoms with Crippen molar-refractivity contribution in [3.8, 4) is 11.1 Å². The van der Waals surface area contributed by atoms with Crippen molar-refractivity contribution in [1.82, 2.24) is 0 Å². The summed E-state index contributed by atoms with van der Waals surface area (Å²) >= 11 is 0. The van der Waals surface area contributed by atoms with Crippen molar-refractivity contribution >= 4 is 0 Å². The van der Waals surface area contributed by atoms with Crippen molar-refractivity contribution in [3.63, 3.8) is 0 Å². The van der Waals surface area contributed by atoms with E-state index in [1.807, 2.05) is 6.92 Å². The van der Waals surface area contributed by atoms with Crippen LogP contribution in [-0.2, 0) is 11.8 Å². The number of nitrogens with two attached hydrogens (primary N) is 1. The summed E-state index contributed by atoms with van der Waals surface area (Å²) < 4.78 is 0. The molecule has 0 amide bonds. The highest BCUT2D eigenvalue weighted by molar-refractivity contribution is 5.64. The number of hydrogen-bond donors (Lipinski definition) is 1. The standard InChI is InChI=1S/C19H25N/c1-14(20)13-15-5-7-16(8-6-15)17-9-11-18(12-10-17)19(2,3)4/h5-12,14H,13,20H2,1-4H3. The molecule has 1 unspecified atom stereocenters. The number of rotatable bonds is 3. The Balaban J connectivity index is 2.19. The minimum atomic E-state index is 0.208. The van der Waals surface area contributed by atoms with Crippen molar-refractivity contribution in [3.05, 3.63) is 59.7 Å². The lowest BCUT2D eigenvalue weighted by atomic mass is 9.86. The summed E-state index contributed by atoms with van der Waals surface area (Å²) in [7, 11) is 0. The molecule has 0 saturated heterocycles. The van der Waals surface area contributed by atoms with E-state index in [4.69, 9.17) is 5.73 Å². The molecule has 0 aliphatic carbocycles. The molecular weight excluding hydrogens is 242 g/mol. The SMILES string of the molecule is CC(N)Cc1ccc(-c2ccc(C(C)(C)C)cc2)cc1. The zero-order valence-electron chi connectivity index (χ0n) is 13.0. The van der Waals surface area contributed by atoms with Crippen molar-refractivity contribution < 1.29 is 0 Å². The molecule has 0 aliphatic rings. The second kappa shape index (κ2) is 5.80. The van der Waals surface area contributed by atoms with E-state index >= 15 is 0 Å². The van der Waals surface area contributed by atoms with Crippen LogP contribution in [0, 0.1) is 0 Å². The minimum absolute atomic E-state index is 0.208. The highest BCUT2D eigenvalue weighted by Crippen LogP contribution is 2.26. The van der Waals surface area contributed by atoms with Crippen LogP contribution in [0.15, 0.2) is 48.5 Å². The lowest BCUT2D eigenvalue weighted by Crippen LogP contribution is -2.17. The lowest BCUT2D eigenvalue weighted by molar-refractivity contribution is 0.590. The molecule has 0 heterocycles. The third kappa shape index (κ3) is 3.71. The van der Waals surface area contributed by atoms with Crippen LogP contribution < -0.4 is 5.73 Å². The summed E-state index contributed by atoms with van der Waals surface area (Å²) in [6, 6.07) is 17.8. The molecule has 0 radical (unpaired) electrons. The second-order valence-corrected chi connectivity index (χ2v) is 6.71. The molecular formula is C19H25N. The first-order chi connectivity index (χ1) is 9.36. The predicted molar refractivity (Wildman–Crippen MR) is 87.9 cm³/mol. The molecule has 106 valence electrons. The Morgan fingerprint density at radius 3 is 1.70 bits per heavy atom. The molecule has 0 bridgehead atoms. The molecule has 2 rings (SSSR count). The van der Waals surface area contributed by atoms with Gasteiger partial charge in [-0.1, -0.05) is 69.3 Å². The lowest BCUT2D eigenvalue weighted by Gasteiger charge is -2.19. The van der Waals surface area contributed by atoms with E-state index in [2.05, 4.69) is 69.3 Å². The maximum absolute atomic E-state index is 5.83. The molecule has 1 heteroatoms. The molecule has 0 aromatic heterocycles. The Kier molecular flexibility index (Phi) is 4.29. The van der Waals surface area contributed by atoms with Gasteiger partial charge in [0.1, 0.15) is 0 Å². The van der Waals surface area contributed by atoms with Gasteiger partial charge in [0.25, 0.3) is 0 Å². The predicted octanol–water partition coefficient (Wildman–Crippen LogP) is 4.54. The normalized spacial score (nSPS) is 13.2. The minimum Gasteiger partial charge on any atom is -0.328 e. The monoisotopic (exact) mass is 267 g/mol. The van der Waals surface area contributed by atoms with Crippen LogP contribution in [0.2, 0.25) is 0 Å². The Morgan fingerprint density at radius 2 is 1.30 bits per heavy atom. The summed E-state index contributed by atoms with van der Waals surface area (Å²) in [5.74, 6) is 0. The van der Waals surface area contributed by atoms with Gasteiger partial charge in [-0.05, 0) is 41.0 Å². The fourth-order valence-electron chi connectivity index (χ4n) is 2.37. The summed E-state index contributed by atoms with van der Waals surface area (Å²) in [4.78, 5) is 0. The topological polar surface area (TPSA) is 26.0 Å². The van der Waals surface area contributed by atoms with Gasteiger partial charge in [0, 0.05) is 6.04 Å². The van der Waals surface area contributed by atoms with Crippen molar-refractivity contribution in [2.75, 3.05) is 0 Å². The molecule has 2 aromatic rings. The summed E-state index contributed by atoms with van der Waals surface area (Å²) in [5.41, 5.74) is 11.2. The van der Waals surface area contributed by atoms with E-state index in [0.29, 0.717) is 0 Å². The third-order valence-electron chi connectivity index (χ3n) is 3.60. The first-order valence-corrected chi connectivity index (χ1v) is 7.32. The van der Waals surface area contributed by atoms with Gasteiger partial charge in [-0.15, -0.1) is 0 Å². The Morgan fingerprint density at radius 1 is 0.850 bits per heavy atom. The van der Waals surface area contributed by atoms with Gasteiger partial charge in [-0.2, -0.15) is 0 Å². The van der Waals surface area contributed by atoms with E-state index in [0.717, 1.165) is 6.42 Å². The molecule has 20 heavy (non-hydrogen) atoms. The second-order valence-electron chi connectivity index (χ2n) is 6.71. The van der Waals surface area contributed by atoms with E-state index in [1.165, 1.54) is 22.3 Å². The zero-order valence-corrected chi connectivity index (χ0v) is 13.0. The van der Waals surface area contributed by atoms with Gasteiger partial charge >= 0.3 is 0 Å². The van der Waals surface area contributed by atoms with Crippen LogP contribution in [-0.4, -0.2) is 6.04 Å². The van der Waals surface area contributed by atoms with Gasteiger partial charge in [0.15, 0.2) is 0 Å². The molecule has 0 aliphatic heterocycles. The van der Waals surface area contributed by atoms with E-state index in [-0.39, 0.29) is 11.5 Å². The smallest absolute Gasteiger partial charge is 0.00509 e. The zero-order chi connectivity index (χ0) is 14.8. The molecule has 1 atom stereocenters. The molecule has 0 saturated carbocycles. The van der Waals surface area contributed by atoms with Crippen molar-refractivity contribution in [2.24, 2.45) is 5.73 Å². The van der Waals surface area contributed by atoms with Gasteiger partial charge in [0.2, 0.25) is 0 Å². The van der Waals surface area contributed by atoms with Crippen LogP contribution in [0.1, 0.15) is 38.8 Å². The maximum atomic E-state index is 5.83. The van der Waals surface area contributed by atoms with Crippen LogP contribution in [0.4, 0.5) is 0 Å². The third-order valence-corrected chi connectivity index (χ3v) is 3.60. The number of benzene rings is 2. The fourth-order valence-corrected chi connectivity index (χ4v) is 2.37. The van der Waals surface area contributed by atoms with Gasteiger partial charge in [0.05, 0.1) is 0 Å². The highest BCUT2D eigenvalue weighted by Gasteiger charge is 2.12. The van der Waals surface area contributed by atoms with Crippen LogP contribution in [0.25, 0.3) is 11.1 Å². The molecule has 2 N–H and O–H groups in total. The van der Waals surface area contributed by atoms with E-state index < -0.39 is 0 Å². The number of hydrogen-bond acceptors (Lipinski definition) is 1. The summed E-state index contributed by atoms with van der Waals surface area (Å²) in [6.45, 7) is 8.76. The van der Waals surface area contributed by atoms with Crippen LogP contribution in [0.5, 0.6) is 0 Å². The van der Waals surface area contributed by atoms with Crippen molar-refractivity contribution in [2.45, 2.75) is 45.6 Å². The maximum Gasteiger partial charge on any atom is 0.00509 e. The van der Waals surface area contributed by atoms with E-state index in [9.17, 15) is 0 Å². The van der Waals surface area contributed by atoms with Crippen molar-refractivity contribution in [1.29, 1.82) is 0 Å². The quantitative estimate of drug-likeness (QED) is 0.868. The average Bonchev–Trinajstić information content (AvgIpc) is 2.38. The summed E-state index contributed by atoms with van der Waals surface area (Å²) in [6.07, 6.45) is 0.934. The largest absolute Gasteiger partial charge is 0.328 e. The Bertz CT molecular complexity index is 542. The Hall–Kier alpha value is -1.60. The first-order valence-electron chi connectivity index (χ1n) is 7.32. The molecule has 2 aromatic carbocycles. The average molecular weight is 267 g/mol. The first kappa shape index (κ1) is 14.8. The molecule has 0 spiro atoms.